The van der Waals surface area contributed by atoms with Gasteiger partial charge in [0.1, 0.15) is 0 Å². The van der Waals surface area contributed by atoms with Crippen molar-refractivity contribution in [3.63, 3.8) is 0 Å². The predicted octanol–water partition coefficient (Wildman–Crippen LogP) is 1.32. The number of carbonyl (C=O) groups excluding carboxylic acids is 1. The molecule has 2 N–H and O–H groups in total. The van der Waals surface area contributed by atoms with Crippen molar-refractivity contribution in [1.82, 2.24) is 5.32 Å². The molecule has 1 saturated carbocycles. The number of aliphatic hydroxyl groups is 1. The van der Waals surface area contributed by atoms with Crippen molar-refractivity contribution in [1.29, 1.82) is 0 Å². The van der Waals surface area contributed by atoms with Gasteiger partial charge in [-0.3, -0.25) is 4.79 Å². The topological polar surface area (TPSA) is 58.6 Å². The molecule has 0 aromatic carbocycles. The first kappa shape index (κ1) is 14.5. The van der Waals surface area contributed by atoms with E-state index in [1.165, 1.54) is 0 Å². The van der Waals surface area contributed by atoms with Crippen LogP contribution in [-0.4, -0.2) is 35.9 Å². The van der Waals surface area contributed by atoms with E-state index in [1.807, 2.05) is 34.6 Å². The summed E-state index contributed by atoms with van der Waals surface area (Å²) in [5.41, 5.74) is -1.16. The summed E-state index contributed by atoms with van der Waals surface area (Å²) in [6.45, 7) is 10.6. The maximum absolute atomic E-state index is 11.5. The van der Waals surface area contributed by atoms with Crippen molar-refractivity contribution in [2.24, 2.45) is 11.3 Å². The lowest BCUT2D eigenvalue weighted by Gasteiger charge is -2.58. The maximum Gasteiger partial charge on any atom is 0.222 e. The van der Waals surface area contributed by atoms with Gasteiger partial charge in [-0.15, -0.1) is 0 Å². The van der Waals surface area contributed by atoms with Gasteiger partial charge in [0.25, 0.3) is 0 Å². The number of hydrogen-bond donors (Lipinski definition) is 2. The van der Waals surface area contributed by atoms with Gasteiger partial charge < -0.3 is 15.2 Å². The number of amides is 1. The summed E-state index contributed by atoms with van der Waals surface area (Å²) >= 11 is 0. The van der Waals surface area contributed by atoms with E-state index in [4.69, 9.17) is 4.74 Å². The van der Waals surface area contributed by atoms with Crippen LogP contribution in [0.15, 0.2) is 0 Å². The molecule has 0 aromatic rings. The van der Waals surface area contributed by atoms with E-state index in [0.717, 1.165) is 0 Å². The third kappa shape index (κ3) is 2.63. The van der Waals surface area contributed by atoms with E-state index in [0.29, 0.717) is 19.6 Å². The van der Waals surface area contributed by atoms with Crippen LogP contribution in [0.25, 0.3) is 0 Å². The molecule has 0 heterocycles. The maximum atomic E-state index is 11.5. The van der Waals surface area contributed by atoms with E-state index in [-0.39, 0.29) is 23.3 Å². The highest BCUT2D eigenvalue weighted by molar-refractivity contribution is 5.77. The molecular weight excluding hydrogens is 218 g/mol. The minimum atomic E-state index is -0.850. The van der Waals surface area contributed by atoms with Gasteiger partial charge in [-0.05, 0) is 6.92 Å². The summed E-state index contributed by atoms with van der Waals surface area (Å²) in [4.78, 5) is 11.5. The lowest BCUT2D eigenvalue weighted by Crippen LogP contribution is -2.68. The molecule has 0 spiro atoms. The number of nitrogens with one attached hydrogen (secondary N) is 1. The van der Waals surface area contributed by atoms with E-state index in [1.54, 1.807) is 0 Å². The fourth-order valence-corrected chi connectivity index (χ4v) is 2.20. The van der Waals surface area contributed by atoms with Crippen LogP contribution in [0.2, 0.25) is 0 Å². The van der Waals surface area contributed by atoms with Gasteiger partial charge >= 0.3 is 0 Å². The minimum Gasteiger partial charge on any atom is -0.387 e. The Bertz CT molecular complexity index is 288. The first-order valence-corrected chi connectivity index (χ1v) is 6.36. The van der Waals surface area contributed by atoms with Crippen LogP contribution in [-0.2, 0) is 9.53 Å². The van der Waals surface area contributed by atoms with Crippen molar-refractivity contribution >= 4 is 5.91 Å². The summed E-state index contributed by atoms with van der Waals surface area (Å²) in [5.74, 6) is -0.0708. The molecule has 0 aliphatic heterocycles. The SMILES string of the molecule is CCOC1CC(O)(CNC(=O)C(C)C)C1(C)C. The van der Waals surface area contributed by atoms with Crippen molar-refractivity contribution in [2.75, 3.05) is 13.2 Å². The van der Waals surface area contributed by atoms with Crippen molar-refractivity contribution < 1.29 is 14.6 Å². The smallest absolute Gasteiger partial charge is 0.222 e. The summed E-state index contributed by atoms with van der Waals surface area (Å²) in [6, 6.07) is 0. The molecule has 4 nitrogen and oxygen atoms in total. The molecule has 17 heavy (non-hydrogen) atoms. The highest BCUT2D eigenvalue weighted by Gasteiger charge is 2.59. The van der Waals surface area contributed by atoms with Gasteiger partial charge in [-0.1, -0.05) is 27.7 Å². The molecule has 0 aromatic heterocycles. The number of ether oxygens (including phenoxy) is 1. The van der Waals surface area contributed by atoms with Gasteiger partial charge in [-0.25, -0.2) is 0 Å². The molecule has 0 saturated heterocycles. The highest BCUT2D eigenvalue weighted by Crippen LogP contribution is 2.50. The van der Waals surface area contributed by atoms with Gasteiger partial charge in [0, 0.05) is 30.9 Å². The van der Waals surface area contributed by atoms with Crippen LogP contribution >= 0.6 is 0 Å². The summed E-state index contributed by atoms with van der Waals surface area (Å²) in [6.07, 6.45) is 0.667. The summed E-state index contributed by atoms with van der Waals surface area (Å²) < 4.78 is 5.57. The average Bonchev–Trinajstić information content (AvgIpc) is 2.25. The molecule has 2 atom stereocenters. The average molecular weight is 243 g/mol. The van der Waals surface area contributed by atoms with Crippen LogP contribution in [0.5, 0.6) is 0 Å². The highest BCUT2D eigenvalue weighted by atomic mass is 16.5. The third-order valence-electron chi connectivity index (χ3n) is 3.97. The molecule has 2 unspecified atom stereocenters. The first-order chi connectivity index (χ1) is 7.74. The Morgan fingerprint density at radius 1 is 1.53 bits per heavy atom. The fraction of sp³-hybridized carbons (Fsp3) is 0.923. The Hall–Kier alpha value is -0.610. The summed E-state index contributed by atoms with van der Waals surface area (Å²) in [5, 5.41) is 13.3. The van der Waals surface area contributed by atoms with Crippen molar-refractivity contribution in [2.45, 2.75) is 52.7 Å². The lowest BCUT2D eigenvalue weighted by atomic mass is 9.56. The second-order valence-electron chi connectivity index (χ2n) is 5.77. The third-order valence-corrected chi connectivity index (χ3v) is 3.97. The monoisotopic (exact) mass is 243 g/mol. The molecule has 1 aliphatic carbocycles. The number of carbonyl (C=O) groups is 1. The van der Waals surface area contributed by atoms with Gasteiger partial charge in [0.15, 0.2) is 0 Å². The Balaban J connectivity index is 2.52. The van der Waals surface area contributed by atoms with Gasteiger partial charge in [-0.2, -0.15) is 0 Å². The van der Waals surface area contributed by atoms with E-state index >= 15 is 0 Å². The van der Waals surface area contributed by atoms with Crippen molar-refractivity contribution in [3.05, 3.63) is 0 Å². The molecule has 100 valence electrons. The van der Waals surface area contributed by atoms with Gasteiger partial charge in [0.05, 0.1) is 11.7 Å². The Labute approximate surface area is 104 Å². The number of hydrogen-bond acceptors (Lipinski definition) is 3. The second kappa shape index (κ2) is 4.94. The van der Waals surface area contributed by atoms with E-state index in [2.05, 4.69) is 5.32 Å². The molecule has 4 heteroatoms. The lowest BCUT2D eigenvalue weighted by molar-refractivity contribution is -0.238. The van der Waals surface area contributed by atoms with Gasteiger partial charge in [0.2, 0.25) is 5.91 Å². The minimum absolute atomic E-state index is 0.0194. The molecule has 0 bridgehead atoms. The molecule has 1 fully saturated rings. The molecule has 1 amide bonds. The quantitative estimate of drug-likeness (QED) is 0.765. The summed E-state index contributed by atoms with van der Waals surface area (Å²) in [7, 11) is 0. The van der Waals surface area contributed by atoms with Crippen LogP contribution in [0, 0.1) is 11.3 Å². The standard InChI is InChI=1S/C13H25NO3/c1-6-17-10-7-13(16,12(10,4)5)8-14-11(15)9(2)3/h9-10,16H,6-8H2,1-5H3,(H,14,15). The van der Waals surface area contributed by atoms with Crippen LogP contribution in [0.4, 0.5) is 0 Å². The predicted molar refractivity (Wildman–Crippen MR) is 66.6 cm³/mol. The van der Waals surface area contributed by atoms with E-state index < -0.39 is 5.60 Å². The second-order valence-corrected chi connectivity index (χ2v) is 5.77. The molecule has 0 radical (unpaired) electrons. The first-order valence-electron chi connectivity index (χ1n) is 6.36. The Kier molecular flexibility index (Phi) is 4.20. The Morgan fingerprint density at radius 2 is 2.12 bits per heavy atom. The normalized spacial score (nSPS) is 31.1. The largest absolute Gasteiger partial charge is 0.387 e. The van der Waals surface area contributed by atoms with Crippen LogP contribution in [0.1, 0.15) is 41.0 Å². The molecule has 1 aliphatic rings. The van der Waals surface area contributed by atoms with Crippen LogP contribution < -0.4 is 5.32 Å². The zero-order chi connectivity index (χ0) is 13.3. The van der Waals surface area contributed by atoms with Crippen molar-refractivity contribution in [3.8, 4) is 0 Å². The fourth-order valence-electron chi connectivity index (χ4n) is 2.20. The Morgan fingerprint density at radius 3 is 2.53 bits per heavy atom. The number of rotatable bonds is 5. The zero-order valence-corrected chi connectivity index (χ0v) is 11.5. The van der Waals surface area contributed by atoms with Crippen LogP contribution in [0.3, 0.4) is 0 Å². The van der Waals surface area contributed by atoms with E-state index in [9.17, 15) is 9.90 Å². The zero-order valence-electron chi connectivity index (χ0n) is 11.5. The molecular formula is C13H25NO3. The molecule has 1 rings (SSSR count).